The monoisotopic (exact) mass is 398 g/mol. The lowest BCUT2D eigenvalue weighted by molar-refractivity contribution is 0.340. The predicted molar refractivity (Wildman–Crippen MR) is 105 cm³/mol. The number of aryl methyl sites for hydroxylation is 1. The highest BCUT2D eigenvalue weighted by Gasteiger charge is 2.03. The lowest BCUT2D eigenvalue weighted by Crippen LogP contribution is -2.00. The summed E-state index contributed by atoms with van der Waals surface area (Å²) in [7, 11) is 0. The van der Waals surface area contributed by atoms with Gasteiger partial charge in [0.1, 0.15) is 11.6 Å². The first kappa shape index (κ1) is 17.2. The van der Waals surface area contributed by atoms with E-state index in [2.05, 4.69) is 36.5 Å². The van der Waals surface area contributed by atoms with Gasteiger partial charge in [-0.25, -0.2) is 4.98 Å². The van der Waals surface area contributed by atoms with Crippen LogP contribution in [0.2, 0.25) is 0 Å². The molecule has 0 atom stereocenters. The van der Waals surface area contributed by atoms with E-state index in [9.17, 15) is 0 Å². The standard InChI is InChI=1S/C19H19BrN4O/c1-3-25-16-7-4-14(5-8-16)22-18-10-11-21-19(24-18)23-15-6-9-17(20)13(2)12-15/h4-12H,3H2,1-2H3,(H2,21,22,23,24). The molecule has 1 aromatic heterocycles. The number of aromatic nitrogens is 2. The average molecular weight is 399 g/mol. The van der Waals surface area contributed by atoms with Gasteiger partial charge in [-0.3, -0.25) is 0 Å². The van der Waals surface area contributed by atoms with Crippen LogP contribution in [0.5, 0.6) is 5.75 Å². The molecule has 0 spiro atoms. The number of nitrogens with one attached hydrogen (secondary N) is 2. The zero-order valence-corrected chi connectivity index (χ0v) is 15.7. The summed E-state index contributed by atoms with van der Waals surface area (Å²) in [6.07, 6.45) is 1.72. The first-order valence-electron chi connectivity index (χ1n) is 8.00. The minimum absolute atomic E-state index is 0.539. The molecule has 0 aliphatic rings. The van der Waals surface area contributed by atoms with E-state index in [1.165, 1.54) is 0 Å². The van der Waals surface area contributed by atoms with Crippen LogP contribution >= 0.6 is 15.9 Å². The maximum absolute atomic E-state index is 5.45. The van der Waals surface area contributed by atoms with Crippen molar-refractivity contribution in [3.63, 3.8) is 0 Å². The van der Waals surface area contributed by atoms with Crippen molar-refractivity contribution in [2.75, 3.05) is 17.2 Å². The van der Waals surface area contributed by atoms with Crippen molar-refractivity contribution in [1.29, 1.82) is 0 Å². The molecule has 0 amide bonds. The molecule has 3 aromatic rings. The smallest absolute Gasteiger partial charge is 0.229 e. The lowest BCUT2D eigenvalue weighted by Gasteiger charge is -2.10. The van der Waals surface area contributed by atoms with Crippen LogP contribution in [-0.2, 0) is 0 Å². The van der Waals surface area contributed by atoms with E-state index in [4.69, 9.17) is 4.74 Å². The summed E-state index contributed by atoms with van der Waals surface area (Å²) in [5.41, 5.74) is 3.03. The van der Waals surface area contributed by atoms with E-state index >= 15 is 0 Å². The number of hydrogen-bond acceptors (Lipinski definition) is 5. The maximum atomic E-state index is 5.45. The minimum atomic E-state index is 0.539. The molecule has 2 N–H and O–H groups in total. The first-order valence-corrected chi connectivity index (χ1v) is 8.79. The molecule has 0 aliphatic carbocycles. The second kappa shape index (κ2) is 7.98. The Morgan fingerprint density at radius 2 is 1.76 bits per heavy atom. The third-order valence-corrected chi connectivity index (χ3v) is 4.40. The number of halogens is 1. The summed E-state index contributed by atoms with van der Waals surface area (Å²) in [4.78, 5) is 8.77. The van der Waals surface area contributed by atoms with Gasteiger partial charge in [-0.05, 0) is 67.9 Å². The second-order valence-electron chi connectivity index (χ2n) is 5.44. The fraction of sp³-hybridized carbons (Fsp3) is 0.158. The van der Waals surface area contributed by atoms with Gasteiger partial charge in [0.15, 0.2) is 0 Å². The number of nitrogens with zero attached hydrogens (tertiary/aromatic N) is 2. The maximum Gasteiger partial charge on any atom is 0.229 e. The molecule has 6 heteroatoms. The summed E-state index contributed by atoms with van der Waals surface area (Å²) in [6.45, 7) is 4.66. The molecule has 0 unspecified atom stereocenters. The van der Waals surface area contributed by atoms with Crippen molar-refractivity contribution in [3.05, 3.63) is 64.8 Å². The van der Waals surface area contributed by atoms with Crippen LogP contribution in [0.25, 0.3) is 0 Å². The molecule has 25 heavy (non-hydrogen) atoms. The van der Waals surface area contributed by atoms with Crippen molar-refractivity contribution >= 4 is 39.1 Å². The fourth-order valence-corrected chi connectivity index (χ4v) is 2.54. The van der Waals surface area contributed by atoms with Gasteiger partial charge >= 0.3 is 0 Å². The van der Waals surface area contributed by atoms with Crippen molar-refractivity contribution in [1.82, 2.24) is 9.97 Å². The zero-order chi connectivity index (χ0) is 17.6. The molecule has 128 valence electrons. The molecule has 2 aromatic carbocycles. The van der Waals surface area contributed by atoms with Gasteiger partial charge in [0.05, 0.1) is 6.61 Å². The van der Waals surface area contributed by atoms with Crippen LogP contribution in [0.3, 0.4) is 0 Å². The summed E-state index contributed by atoms with van der Waals surface area (Å²) in [5.74, 6) is 2.11. The minimum Gasteiger partial charge on any atom is -0.494 e. The van der Waals surface area contributed by atoms with Gasteiger partial charge in [-0.1, -0.05) is 15.9 Å². The lowest BCUT2D eigenvalue weighted by atomic mass is 10.2. The third-order valence-electron chi connectivity index (χ3n) is 3.51. The van der Waals surface area contributed by atoms with Crippen LogP contribution in [-0.4, -0.2) is 16.6 Å². The Kier molecular flexibility index (Phi) is 5.50. The van der Waals surface area contributed by atoms with Crippen molar-refractivity contribution in [2.45, 2.75) is 13.8 Å². The normalized spacial score (nSPS) is 10.4. The van der Waals surface area contributed by atoms with Crippen molar-refractivity contribution in [2.24, 2.45) is 0 Å². The van der Waals surface area contributed by atoms with E-state index in [0.717, 1.165) is 33.0 Å². The van der Waals surface area contributed by atoms with Gasteiger partial charge in [0, 0.05) is 22.0 Å². The first-order chi connectivity index (χ1) is 12.1. The Bertz CT molecular complexity index is 852. The Hall–Kier alpha value is -2.60. The third kappa shape index (κ3) is 4.70. The highest BCUT2D eigenvalue weighted by Crippen LogP contribution is 2.23. The summed E-state index contributed by atoms with van der Waals surface area (Å²) in [5, 5.41) is 6.49. The topological polar surface area (TPSA) is 59.1 Å². The Morgan fingerprint density at radius 1 is 1.00 bits per heavy atom. The van der Waals surface area contributed by atoms with Crippen LogP contribution in [0, 0.1) is 6.92 Å². The van der Waals surface area contributed by atoms with Crippen LogP contribution in [0.1, 0.15) is 12.5 Å². The van der Waals surface area contributed by atoms with E-state index < -0.39 is 0 Å². The fourth-order valence-electron chi connectivity index (χ4n) is 2.29. The molecular formula is C19H19BrN4O. The average Bonchev–Trinajstić information content (AvgIpc) is 2.61. The molecule has 0 saturated carbocycles. The summed E-state index contributed by atoms with van der Waals surface area (Å²) >= 11 is 3.50. The number of hydrogen-bond donors (Lipinski definition) is 2. The molecule has 0 aliphatic heterocycles. The molecule has 0 saturated heterocycles. The molecule has 0 fully saturated rings. The Morgan fingerprint density at radius 3 is 2.48 bits per heavy atom. The highest BCUT2D eigenvalue weighted by atomic mass is 79.9. The van der Waals surface area contributed by atoms with Crippen LogP contribution < -0.4 is 15.4 Å². The Balaban J connectivity index is 1.71. The van der Waals surface area contributed by atoms with Gasteiger partial charge in [0.25, 0.3) is 0 Å². The quantitative estimate of drug-likeness (QED) is 0.579. The number of anilines is 4. The zero-order valence-electron chi connectivity index (χ0n) is 14.1. The second-order valence-corrected chi connectivity index (χ2v) is 6.29. The number of rotatable bonds is 6. The van der Waals surface area contributed by atoms with E-state index in [1.807, 2.05) is 62.4 Å². The molecule has 0 radical (unpaired) electrons. The Labute approximate surface area is 155 Å². The summed E-state index contributed by atoms with van der Waals surface area (Å²) < 4.78 is 6.52. The van der Waals surface area contributed by atoms with E-state index in [1.54, 1.807) is 6.20 Å². The molecule has 0 bridgehead atoms. The number of benzene rings is 2. The molecule has 5 nitrogen and oxygen atoms in total. The highest BCUT2D eigenvalue weighted by molar-refractivity contribution is 9.10. The van der Waals surface area contributed by atoms with Gasteiger partial charge < -0.3 is 15.4 Å². The molecule has 3 rings (SSSR count). The van der Waals surface area contributed by atoms with Crippen molar-refractivity contribution < 1.29 is 4.74 Å². The van der Waals surface area contributed by atoms with Crippen LogP contribution in [0.15, 0.2) is 59.2 Å². The van der Waals surface area contributed by atoms with E-state index in [-0.39, 0.29) is 0 Å². The summed E-state index contributed by atoms with van der Waals surface area (Å²) in [6, 6.07) is 15.6. The van der Waals surface area contributed by atoms with Gasteiger partial charge in [0.2, 0.25) is 5.95 Å². The molecular weight excluding hydrogens is 380 g/mol. The number of ether oxygens (including phenoxy) is 1. The van der Waals surface area contributed by atoms with Crippen molar-refractivity contribution in [3.8, 4) is 5.75 Å². The van der Waals surface area contributed by atoms with E-state index in [0.29, 0.717) is 12.6 Å². The van der Waals surface area contributed by atoms with Gasteiger partial charge in [-0.2, -0.15) is 4.98 Å². The van der Waals surface area contributed by atoms with Gasteiger partial charge in [-0.15, -0.1) is 0 Å². The molecule has 1 heterocycles. The SMILES string of the molecule is CCOc1ccc(Nc2ccnc(Nc3ccc(Br)c(C)c3)n2)cc1. The van der Waals surface area contributed by atoms with Crippen LogP contribution in [0.4, 0.5) is 23.1 Å². The largest absolute Gasteiger partial charge is 0.494 e. The predicted octanol–water partition coefficient (Wildman–Crippen LogP) is 5.43.